The molecule has 1 amide bonds. The molecule has 0 bridgehead atoms. The number of nitrogens with one attached hydrogen (secondary N) is 2. The molecular formula is C25H34N5O+. The smallest absolute Gasteiger partial charge is 0.256 e. The molecule has 1 fully saturated rings. The van der Waals surface area contributed by atoms with Gasteiger partial charge in [-0.15, -0.1) is 0 Å². The summed E-state index contributed by atoms with van der Waals surface area (Å²) in [5.41, 5.74) is 5.58. The van der Waals surface area contributed by atoms with Crippen molar-refractivity contribution in [2.24, 2.45) is 0 Å². The van der Waals surface area contributed by atoms with Crippen molar-refractivity contribution in [3.63, 3.8) is 0 Å². The van der Waals surface area contributed by atoms with Crippen LogP contribution in [0, 0.1) is 13.8 Å². The minimum atomic E-state index is -0.0844. The van der Waals surface area contributed by atoms with E-state index in [1.54, 1.807) is 15.6 Å². The molecular weight excluding hydrogens is 386 g/mol. The summed E-state index contributed by atoms with van der Waals surface area (Å²) in [4.78, 5) is 19.3. The van der Waals surface area contributed by atoms with E-state index < -0.39 is 0 Å². The van der Waals surface area contributed by atoms with E-state index in [4.69, 9.17) is 4.98 Å². The molecule has 2 unspecified atom stereocenters. The first kappa shape index (κ1) is 21.5. The van der Waals surface area contributed by atoms with Gasteiger partial charge in [0.25, 0.3) is 5.91 Å². The first-order valence-corrected chi connectivity index (χ1v) is 11.5. The van der Waals surface area contributed by atoms with Gasteiger partial charge < -0.3 is 10.2 Å². The molecule has 6 heteroatoms. The van der Waals surface area contributed by atoms with Crippen molar-refractivity contribution in [1.82, 2.24) is 19.9 Å². The predicted octanol–water partition coefficient (Wildman–Crippen LogP) is 2.51. The van der Waals surface area contributed by atoms with Crippen molar-refractivity contribution in [2.75, 3.05) is 19.6 Å². The molecule has 3 aromatic rings. The fourth-order valence-corrected chi connectivity index (χ4v) is 4.76. The highest BCUT2D eigenvalue weighted by Crippen LogP contribution is 2.20. The molecule has 0 radical (unpaired) electrons. The molecule has 1 aliphatic rings. The number of quaternary nitrogens is 1. The van der Waals surface area contributed by atoms with Crippen molar-refractivity contribution >= 4 is 11.6 Å². The van der Waals surface area contributed by atoms with Gasteiger partial charge in [-0.25, -0.2) is 9.50 Å². The van der Waals surface area contributed by atoms with E-state index in [0.29, 0.717) is 17.8 Å². The van der Waals surface area contributed by atoms with Crippen LogP contribution in [0.3, 0.4) is 0 Å². The number of carbonyl (C=O) groups excluding carboxylic acids is 1. The molecule has 0 spiro atoms. The van der Waals surface area contributed by atoms with Crippen LogP contribution >= 0.6 is 0 Å². The molecule has 1 aliphatic heterocycles. The quantitative estimate of drug-likeness (QED) is 0.578. The predicted molar refractivity (Wildman–Crippen MR) is 123 cm³/mol. The number of aromatic nitrogens is 3. The van der Waals surface area contributed by atoms with Gasteiger partial charge in [-0.1, -0.05) is 30.3 Å². The van der Waals surface area contributed by atoms with Gasteiger partial charge in [0.05, 0.1) is 25.3 Å². The summed E-state index contributed by atoms with van der Waals surface area (Å²) in [5, 5.41) is 7.56. The zero-order valence-corrected chi connectivity index (χ0v) is 18.9. The second kappa shape index (κ2) is 9.60. The Morgan fingerprint density at radius 3 is 2.81 bits per heavy atom. The van der Waals surface area contributed by atoms with Crippen LogP contribution in [0.25, 0.3) is 5.65 Å². The maximum atomic E-state index is 12.8. The van der Waals surface area contributed by atoms with Crippen molar-refractivity contribution in [3.05, 3.63) is 64.6 Å². The monoisotopic (exact) mass is 420 g/mol. The second-order valence-corrected chi connectivity index (χ2v) is 8.88. The van der Waals surface area contributed by atoms with Crippen LogP contribution in [-0.2, 0) is 6.42 Å². The number of benzene rings is 1. The van der Waals surface area contributed by atoms with E-state index >= 15 is 0 Å². The number of hydrogen-bond donors (Lipinski definition) is 2. The first-order chi connectivity index (χ1) is 15.0. The fourth-order valence-electron chi connectivity index (χ4n) is 4.76. The highest BCUT2D eigenvalue weighted by Gasteiger charge is 2.22. The number of rotatable bonds is 7. The van der Waals surface area contributed by atoms with Crippen molar-refractivity contribution in [1.29, 1.82) is 0 Å². The average Bonchev–Trinajstić information content (AvgIpc) is 3.20. The summed E-state index contributed by atoms with van der Waals surface area (Å²) in [6.07, 6.45) is 7.45. The van der Waals surface area contributed by atoms with E-state index in [1.807, 2.05) is 13.0 Å². The van der Waals surface area contributed by atoms with Crippen molar-refractivity contribution in [3.8, 4) is 0 Å². The molecule has 31 heavy (non-hydrogen) atoms. The third-order valence-corrected chi connectivity index (χ3v) is 6.72. The Kier molecular flexibility index (Phi) is 6.66. The van der Waals surface area contributed by atoms with Crippen LogP contribution in [0.5, 0.6) is 0 Å². The summed E-state index contributed by atoms with van der Waals surface area (Å²) in [6, 6.07) is 11.1. The van der Waals surface area contributed by atoms with Crippen LogP contribution in [0.1, 0.15) is 65.5 Å². The Hall–Kier alpha value is -2.73. The molecule has 0 aliphatic carbocycles. The molecule has 3 heterocycles. The van der Waals surface area contributed by atoms with Gasteiger partial charge in [-0.2, -0.15) is 5.10 Å². The van der Waals surface area contributed by atoms with Crippen LogP contribution in [0.15, 0.2) is 36.5 Å². The van der Waals surface area contributed by atoms with Crippen molar-refractivity contribution < 1.29 is 9.69 Å². The molecule has 1 aromatic carbocycles. The number of aryl methyl sites for hydroxylation is 2. The second-order valence-electron chi connectivity index (χ2n) is 8.88. The zero-order valence-electron chi connectivity index (χ0n) is 18.9. The number of hydrogen-bond acceptors (Lipinski definition) is 3. The van der Waals surface area contributed by atoms with Gasteiger partial charge >= 0.3 is 0 Å². The summed E-state index contributed by atoms with van der Waals surface area (Å²) >= 11 is 0. The van der Waals surface area contributed by atoms with E-state index in [-0.39, 0.29) is 5.91 Å². The Bertz CT molecular complexity index is 1040. The SMILES string of the molecule is Cc1nc2c(C(=O)NCCC[NH+]3CCCCC3C)cnn2c(C)c1Cc1ccccc1. The minimum Gasteiger partial charge on any atom is -0.352 e. The van der Waals surface area contributed by atoms with Crippen LogP contribution in [0.4, 0.5) is 0 Å². The summed E-state index contributed by atoms with van der Waals surface area (Å²) < 4.78 is 1.81. The third-order valence-electron chi connectivity index (χ3n) is 6.72. The molecule has 164 valence electrons. The van der Waals surface area contributed by atoms with Crippen molar-refractivity contribution in [2.45, 2.75) is 58.9 Å². The van der Waals surface area contributed by atoms with E-state index in [9.17, 15) is 4.79 Å². The highest BCUT2D eigenvalue weighted by atomic mass is 16.1. The number of carbonyl (C=O) groups is 1. The topological polar surface area (TPSA) is 63.7 Å². The Morgan fingerprint density at radius 2 is 2.03 bits per heavy atom. The lowest BCUT2D eigenvalue weighted by Gasteiger charge is -2.30. The number of likely N-dealkylation sites (tertiary alicyclic amines) is 1. The number of piperidine rings is 1. The van der Waals surface area contributed by atoms with E-state index in [0.717, 1.165) is 42.4 Å². The molecule has 2 N–H and O–H groups in total. The van der Waals surface area contributed by atoms with Gasteiger partial charge in [0.1, 0.15) is 5.56 Å². The summed E-state index contributed by atoms with van der Waals surface area (Å²) in [7, 11) is 0. The van der Waals surface area contributed by atoms with Crippen LogP contribution < -0.4 is 10.2 Å². The number of nitrogens with zero attached hydrogens (tertiary/aromatic N) is 3. The van der Waals surface area contributed by atoms with Gasteiger partial charge in [0, 0.05) is 30.8 Å². The first-order valence-electron chi connectivity index (χ1n) is 11.5. The standard InChI is InChI=1S/C25H33N5O/c1-18-10-7-8-14-29(18)15-9-13-26-25(31)23-17-27-30-20(3)22(19(2)28-24(23)30)16-21-11-5-4-6-12-21/h4-6,11-12,17-18H,7-10,13-16H2,1-3H3,(H,26,31)/p+1. The molecule has 4 rings (SSSR count). The molecule has 1 saturated heterocycles. The maximum Gasteiger partial charge on any atom is 0.256 e. The van der Waals surface area contributed by atoms with E-state index in [2.05, 4.69) is 48.5 Å². The average molecular weight is 421 g/mol. The van der Waals surface area contributed by atoms with Crippen LogP contribution in [-0.4, -0.2) is 46.2 Å². The highest BCUT2D eigenvalue weighted by molar-refractivity contribution is 5.99. The molecule has 0 saturated carbocycles. The summed E-state index contributed by atoms with van der Waals surface area (Å²) in [5.74, 6) is -0.0844. The van der Waals surface area contributed by atoms with E-state index in [1.165, 1.54) is 31.4 Å². The Balaban J connectivity index is 1.43. The van der Waals surface area contributed by atoms with Crippen LogP contribution in [0.2, 0.25) is 0 Å². The zero-order chi connectivity index (χ0) is 21.8. The Labute approximate surface area is 184 Å². The third kappa shape index (κ3) is 4.79. The van der Waals surface area contributed by atoms with Gasteiger partial charge in [-0.05, 0) is 51.2 Å². The number of fused-ring (bicyclic) bond motifs is 1. The lowest BCUT2D eigenvalue weighted by Crippen LogP contribution is -3.16. The summed E-state index contributed by atoms with van der Waals surface area (Å²) in [6.45, 7) is 9.48. The molecule has 2 atom stereocenters. The van der Waals surface area contributed by atoms with Gasteiger partial charge in [0.15, 0.2) is 5.65 Å². The largest absolute Gasteiger partial charge is 0.352 e. The Morgan fingerprint density at radius 1 is 1.23 bits per heavy atom. The maximum absolute atomic E-state index is 12.8. The minimum absolute atomic E-state index is 0.0844. The fraction of sp³-hybridized carbons (Fsp3) is 0.480. The molecule has 2 aromatic heterocycles. The molecule has 6 nitrogen and oxygen atoms in total. The van der Waals surface area contributed by atoms with Gasteiger partial charge in [-0.3, -0.25) is 4.79 Å². The lowest BCUT2D eigenvalue weighted by molar-refractivity contribution is -0.928. The number of amides is 1. The van der Waals surface area contributed by atoms with Gasteiger partial charge in [0.2, 0.25) is 0 Å². The normalized spacial score (nSPS) is 18.9. The lowest BCUT2D eigenvalue weighted by atomic mass is 10.0.